The predicted molar refractivity (Wildman–Crippen MR) is 119 cm³/mol. The Morgan fingerprint density at radius 1 is 1.10 bits per heavy atom. The van der Waals surface area contributed by atoms with Crippen molar-refractivity contribution in [1.82, 2.24) is 14.9 Å². The molecule has 1 saturated heterocycles. The molecule has 0 radical (unpaired) electrons. The first-order valence-corrected chi connectivity index (χ1v) is 9.91. The molecule has 0 amide bonds. The number of aromatic amines is 1. The van der Waals surface area contributed by atoms with E-state index in [0.29, 0.717) is 5.56 Å². The smallest absolute Gasteiger partial charge is 0.360 e. The van der Waals surface area contributed by atoms with Gasteiger partial charge < -0.3 is 19.6 Å². The highest BCUT2D eigenvalue weighted by Gasteiger charge is 2.24. The number of hydrogen-bond acceptors (Lipinski definition) is 6. The number of nitrogens with zero attached hydrogens (tertiary/aromatic N) is 3. The maximum Gasteiger partial charge on any atom is 0.360 e. The molecule has 0 spiro atoms. The van der Waals surface area contributed by atoms with E-state index < -0.39 is 5.97 Å². The van der Waals surface area contributed by atoms with Crippen molar-refractivity contribution in [2.75, 3.05) is 38.1 Å². The third kappa shape index (κ3) is 4.42. The molecule has 1 fully saturated rings. The highest BCUT2D eigenvalue weighted by molar-refractivity contribution is 5.97. The minimum atomic E-state index is -0.551. The first-order chi connectivity index (χ1) is 14.6. The first kappa shape index (κ1) is 19.9. The second-order valence-corrected chi connectivity index (χ2v) is 7.35. The van der Waals surface area contributed by atoms with Gasteiger partial charge in [0.15, 0.2) is 0 Å². The Balaban J connectivity index is 1.63. The fourth-order valence-electron chi connectivity index (χ4n) is 3.55. The molecular weight excluding hydrogens is 378 g/mol. The number of piperazine rings is 1. The van der Waals surface area contributed by atoms with E-state index in [9.17, 15) is 4.79 Å². The van der Waals surface area contributed by atoms with E-state index >= 15 is 0 Å². The van der Waals surface area contributed by atoms with Crippen molar-refractivity contribution < 1.29 is 9.63 Å². The Morgan fingerprint density at radius 2 is 1.87 bits per heavy atom. The predicted octanol–water partition coefficient (Wildman–Crippen LogP) is 3.03. The van der Waals surface area contributed by atoms with E-state index in [2.05, 4.69) is 31.7 Å². The van der Waals surface area contributed by atoms with Gasteiger partial charge in [-0.05, 0) is 36.9 Å². The highest BCUT2D eigenvalue weighted by atomic mass is 16.7. The Bertz CT molecular complexity index is 1040. The van der Waals surface area contributed by atoms with Crippen LogP contribution in [0.1, 0.15) is 21.6 Å². The average Bonchev–Trinajstić information content (AvgIpc) is 3.24. The fourth-order valence-corrected chi connectivity index (χ4v) is 3.55. The van der Waals surface area contributed by atoms with Crippen molar-refractivity contribution >= 4 is 23.9 Å². The molecular formula is C23H25N5O2. The lowest BCUT2D eigenvalue weighted by Gasteiger charge is -2.33. The lowest BCUT2D eigenvalue weighted by molar-refractivity contribution is 0.0504. The molecule has 0 saturated carbocycles. The monoisotopic (exact) mass is 403 g/mol. The molecule has 1 aliphatic heterocycles. The summed E-state index contributed by atoms with van der Waals surface area (Å²) in [6.45, 7) is 3.50. The number of aromatic nitrogens is 2. The topological polar surface area (TPSA) is 87.5 Å². The summed E-state index contributed by atoms with van der Waals surface area (Å²) >= 11 is 0. The molecule has 3 aromatic rings. The number of benzene rings is 1. The number of likely N-dealkylation sites (N-methyl/N-ethyl adjacent to an activating group) is 1. The van der Waals surface area contributed by atoms with Gasteiger partial charge in [-0.25, -0.2) is 4.79 Å². The number of carbonyl (C=O) groups is 1. The van der Waals surface area contributed by atoms with E-state index in [1.54, 1.807) is 12.3 Å². The third-order valence-electron chi connectivity index (χ3n) is 5.28. The number of pyridine rings is 1. The van der Waals surface area contributed by atoms with Crippen LogP contribution in [0, 0.1) is 0 Å². The largest absolute Gasteiger partial charge is 0.370 e. The second kappa shape index (κ2) is 8.94. The van der Waals surface area contributed by atoms with Crippen LogP contribution < -0.4 is 10.8 Å². The van der Waals surface area contributed by atoms with Gasteiger partial charge in [-0.2, -0.15) is 5.90 Å². The number of nitrogens with two attached hydrogens (primary N) is 1. The van der Waals surface area contributed by atoms with E-state index in [-0.39, 0.29) is 0 Å². The first-order valence-electron chi connectivity index (χ1n) is 9.91. The van der Waals surface area contributed by atoms with Gasteiger partial charge in [0, 0.05) is 43.6 Å². The number of H-pyrrole nitrogens is 1. The van der Waals surface area contributed by atoms with Crippen LogP contribution in [0.3, 0.4) is 0 Å². The number of rotatable bonds is 5. The summed E-state index contributed by atoms with van der Waals surface area (Å²) < 4.78 is 0. The SMILES string of the molecule is CN1CCN(c2[nH]c(-c3ccnc(C=Cc4ccccc4)c3)cc2C(=O)ON)CC1. The van der Waals surface area contributed by atoms with Gasteiger partial charge >= 0.3 is 5.97 Å². The van der Waals surface area contributed by atoms with Crippen LogP contribution in [0.5, 0.6) is 0 Å². The average molecular weight is 403 g/mol. The molecule has 0 aliphatic carbocycles. The zero-order chi connectivity index (χ0) is 20.9. The molecule has 0 bridgehead atoms. The van der Waals surface area contributed by atoms with Gasteiger partial charge in [0.25, 0.3) is 0 Å². The van der Waals surface area contributed by atoms with Crippen LogP contribution in [-0.2, 0) is 4.84 Å². The molecule has 3 N–H and O–H groups in total. The number of nitrogens with one attached hydrogen (secondary N) is 1. The third-order valence-corrected chi connectivity index (χ3v) is 5.28. The van der Waals surface area contributed by atoms with E-state index in [1.807, 2.05) is 54.6 Å². The number of hydrogen-bond donors (Lipinski definition) is 2. The van der Waals surface area contributed by atoms with Crippen molar-refractivity contribution in [1.29, 1.82) is 0 Å². The Labute approximate surface area is 175 Å². The van der Waals surface area contributed by atoms with Crippen LogP contribution in [0.2, 0.25) is 0 Å². The van der Waals surface area contributed by atoms with Crippen molar-refractivity contribution in [3.8, 4) is 11.3 Å². The molecule has 2 aromatic heterocycles. The zero-order valence-corrected chi connectivity index (χ0v) is 16.9. The van der Waals surface area contributed by atoms with Crippen LogP contribution in [-0.4, -0.2) is 54.1 Å². The molecule has 154 valence electrons. The summed E-state index contributed by atoms with van der Waals surface area (Å²) in [5.74, 6) is 5.37. The molecule has 1 aromatic carbocycles. The summed E-state index contributed by atoms with van der Waals surface area (Å²) in [4.78, 5) is 29.1. The highest BCUT2D eigenvalue weighted by Crippen LogP contribution is 2.29. The molecule has 7 heteroatoms. The summed E-state index contributed by atoms with van der Waals surface area (Å²) in [5.41, 5.74) is 4.13. The number of carbonyl (C=O) groups excluding carboxylic acids is 1. The van der Waals surface area contributed by atoms with E-state index in [0.717, 1.165) is 54.5 Å². The van der Waals surface area contributed by atoms with Crippen LogP contribution in [0.4, 0.5) is 5.82 Å². The number of anilines is 1. The minimum Gasteiger partial charge on any atom is -0.370 e. The van der Waals surface area contributed by atoms with Crippen LogP contribution in [0.25, 0.3) is 23.4 Å². The van der Waals surface area contributed by atoms with Gasteiger partial charge in [-0.1, -0.05) is 36.4 Å². The van der Waals surface area contributed by atoms with Gasteiger partial charge in [0.2, 0.25) is 0 Å². The maximum absolute atomic E-state index is 12.3. The summed E-state index contributed by atoms with van der Waals surface area (Å²) in [5, 5.41) is 0. The zero-order valence-electron chi connectivity index (χ0n) is 16.9. The molecule has 4 rings (SSSR count). The van der Waals surface area contributed by atoms with Gasteiger partial charge in [-0.15, -0.1) is 0 Å². The quantitative estimate of drug-likeness (QED) is 0.637. The van der Waals surface area contributed by atoms with Crippen molar-refractivity contribution in [3.63, 3.8) is 0 Å². The molecule has 0 unspecified atom stereocenters. The Morgan fingerprint density at radius 3 is 2.60 bits per heavy atom. The normalized spacial score (nSPS) is 14.9. The lowest BCUT2D eigenvalue weighted by atomic mass is 10.1. The summed E-state index contributed by atoms with van der Waals surface area (Å²) in [6, 6.07) is 15.8. The van der Waals surface area contributed by atoms with Crippen LogP contribution in [0.15, 0.2) is 54.7 Å². The standard InChI is InChI=1S/C23H25N5O2/c1-27-11-13-28(14-12-27)22-20(23(29)30-24)16-21(26-22)18-9-10-25-19(15-18)8-7-17-5-3-2-4-6-17/h2-10,15-16,26H,11-14,24H2,1H3. The van der Waals surface area contributed by atoms with Crippen molar-refractivity contribution in [2.45, 2.75) is 0 Å². The Hall–Kier alpha value is -3.42. The summed E-state index contributed by atoms with van der Waals surface area (Å²) in [7, 11) is 2.09. The molecule has 30 heavy (non-hydrogen) atoms. The van der Waals surface area contributed by atoms with E-state index in [4.69, 9.17) is 5.90 Å². The Kier molecular flexibility index (Phi) is 5.92. The molecule has 0 atom stereocenters. The van der Waals surface area contributed by atoms with Gasteiger partial charge in [0.1, 0.15) is 11.4 Å². The summed E-state index contributed by atoms with van der Waals surface area (Å²) in [6.07, 6.45) is 5.75. The van der Waals surface area contributed by atoms with Crippen LogP contribution >= 0.6 is 0 Å². The second-order valence-electron chi connectivity index (χ2n) is 7.35. The van der Waals surface area contributed by atoms with Gasteiger partial charge in [-0.3, -0.25) is 4.98 Å². The fraction of sp³-hybridized carbons (Fsp3) is 0.217. The lowest BCUT2D eigenvalue weighted by Crippen LogP contribution is -2.45. The van der Waals surface area contributed by atoms with Crippen molar-refractivity contribution in [2.24, 2.45) is 5.90 Å². The minimum absolute atomic E-state index is 0.440. The van der Waals surface area contributed by atoms with E-state index in [1.165, 1.54) is 0 Å². The molecule has 3 heterocycles. The maximum atomic E-state index is 12.3. The van der Waals surface area contributed by atoms with Crippen molar-refractivity contribution in [3.05, 3.63) is 71.5 Å². The van der Waals surface area contributed by atoms with Gasteiger partial charge in [0.05, 0.1) is 5.69 Å². The molecule has 1 aliphatic rings. The molecule has 7 nitrogen and oxygen atoms in total.